The van der Waals surface area contributed by atoms with E-state index < -0.39 is 37.3 Å². The average molecular weight is 297 g/mol. The molecule has 1 saturated heterocycles. The highest BCUT2D eigenvalue weighted by atomic mass is 19.1. The number of azide groups is 1. The van der Waals surface area contributed by atoms with E-state index in [1.54, 1.807) is 0 Å². The van der Waals surface area contributed by atoms with Crippen molar-refractivity contribution < 1.29 is 24.1 Å². The zero-order valence-electron chi connectivity index (χ0n) is 11.1. The number of nitrogens with zero attached hydrogens (tertiary/aromatic N) is 3. The first-order valence-electron chi connectivity index (χ1n) is 6.45. The summed E-state index contributed by atoms with van der Waals surface area (Å²) in [7, 11) is 0. The SMILES string of the molecule is [N-]=[N+]=NC1[C@H](OCc2ccccc2)OC(CO)[C@@H](F)[C@@H]1O. The third-order valence-corrected chi connectivity index (χ3v) is 3.24. The molecule has 2 unspecified atom stereocenters. The van der Waals surface area contributed by atoms with Gasteiger partial charge in [-0.3, -0.25) is 0 Å². The fraction of sp³-hybridized carbons (Fsp3) is 0.538. The van der Waals surface area contributed by atoms with E-state index in [9.17, 15) is 9.50 Å². The molecule has 2 N–H and O–H groups in total. The van der Waals surface area contributed by atoms with Crippen LogP contribution in [0.25, 0.3) is 10.4 Å². The standard InChI is InChI=1S/C13H16FN3O4/c14-10-9(6-18)21-13(11(12(10)19)16-17-15)20-7-8-4-2-1-3-5-8/h1-5,9-13,18-19H,6-7H2/t9?,10-,11?,12+,13-/m1/s1. The highest BCUT2D eigenvalue weighted by Gasteiger charge is 2.45. The summed E-state index contributed by atoms with van der Waals surface area (Å²) in [5.41, 5.74) is 9.36. The van der Waals surface area contributed by atoms with E-state index in [0.717, 1.165) is 5.56 Å². The molecule has 0 bridgehead atoms. The van der Waals surface area contributed by atoms with Gasteiger partial charge in [-0.05, 0) is 11.1 Å². The van der Waals surface area contributed by atoms with Crippen molar-refractivity contribution in [1.82, 2.24) is 0 Å². The maximum atomic E-state index is 13.8. The first kappa shape index (κ1) is 15.7. The fourth-order valence-corrected chi connectivity index (χ4v) is 2.11. The molecule has 1 aromatic carbocycles. The Kier molecular flexibility index (Phi) is 5.49. The van der Waals surface area contributed by atoms with Gasteiger partial charge < -0.3 is 19.7 Å². The molecule has 114 valence electrons. The van der Waals surface area contributed by atoms with Crippen LogP contribution in [0.1, 0.15) is 5.56 Å². The number of rotatable bonds is 5. The first-order valence-corrected chi connectivity index (χ1v) is 6.45. The van der Waals surface area contributed by atoms with E-state index in [4.69, 9.17) is 20.1 Å². The highest BCUT2D eigenvalue weighted by Crippen LogP contribution is 2.27. The normalized spacial score (nSPS) is 32.4. The summed E-state index contributed by atoms with van der Waals surface area (Å²) < 4.78 is 24.5. The van der Waals surface area contributed by atoms with Crippen molar-refractivity contribution in [2.75, 3.05) is 6.61 Å². The summed E-state index contributed by atoms with van der Waals surface area (Å²) >= 11 is 0. The molecule has 0 radical (unpaired) electrons. The van der Waals surface area contributed by atoms with Gasteiger partial charge in [-0.15, -0.1) is 0 Å². The molecule has 1 fully saturated rings. The Labute approximate surface area is 120 Å². The molecule has 1 heterocycles. The van der Waals surface area contributed by atoms with Crippen LogP contribution in [0.15, 0.2) is 35.4 Å². The fourth-order valence-electron chi connectivity index (χ4n) is 2.11. The summed E-state index contributed by atoms with van der Waals surface area (Å²) in [4.78, 5) is 2.58. The minimum Gasteiger partial charge on any atom is -0.394 e. The number of hydrogen-bond acceptors (Lipinski definition) is 5. The quantitative estimate of drug-likeness (QED) is 0.485. The molecule has 0 aliphatic carbocycles. The third-order valence-electron chi connectivity index (χ3n) is 3.24. The molecule has 21 heavy (non-hydrogen) atoms. The second kappa shape index (κ2) is 7.35. The minimum atomic E-state index is -1.85. The van der Waals surface area contributed by atoms with Crippen LogP contribution in [0.5, 0.6) is 0 Å². The van der Waals surface area contributed by atoms with Gasteiger partial charge in [0.25, 0.3) is 0 Å². The Morgan fingerprint density at radius 3 is 2.71 bits per heavy atom. The van der Waals surface area contributed by atoms with Crippen molar-refractivity contribution in [1.29, 1.82) is 0 Å². The van der Waals surface area contributed by atoms with Gasteiger partial charge in [0.05, 0.1) is 13.2 Å². The van der Waals surface area contributed by atoms with Crippen molar-refractivity contribution in [3.05, 3.63) is 46.3 Å². The lowest BCUT2D eigenvalue weighted by Gasteiger charge is -2.39. The molecule has 2 rings (SSSR count). The molecule has 1 aliphatic heterocycles. The van der Waals surface area contributed by atoms with Crippen molar-refractivity contribution in [3.63, 3.8) is 0 Å². The predicted molar refractivity (Wildman–Crippen MR) is 70.8 cm³/mol. The van der Waals surface area contributed by atoms with E-state index in [-0.39, 0.29) is 6.61 Å². The minimum absolute atomic E-state index is 0.144. The molecule has 7 nitrogen and oxygen atoms in total. The lowest BCUT2D eigenvalue weighted by atomic mass is 9.99. The van der Waals surface area contributed by atoms with Crippen molar-refractivity contribution in [2.45, 2.75) is 37.3 Å². The van der Waals surface area contributed by atoms with Gasteiger partial charge in [0.2, 0.25) is 0 Å². The number of halogens is 1. The van der Waals surface area contributed by atoms with Crippen molar-refractivity contribution in [3.8, 4) is 0 Å². The Morgan fingerprint density at radius 1 is 1.38 bits per heavy atom. The predicted octanol–water partition coefficient (Wildman–Crippen LogP) is 1.30. The van der Waals surface area contributed by atoms with Gasteiger partial charge in [0.15, 0.2) is 12.5 Å². The summed E-state index contributed by atoms with van der Waals surface area (Å²) in [5, 5.41) is 22.2. The summed E-state index contributed by atoms with van der Waals surface area (Å²) in [5.74, 6) is 0. The van der Waals surface area contributed by atoms with Gasteiger partial charge in [-0.2, -0.15) is 0 Å². The molecule has 1 aromatic rings. The number of aliphatic hydroxyl groups excluding tert-OH is 2. The summed E-state index contributed by atoms with van der Waals surface area (Å²) in [6, 6.07) is 7.94. The molecule has 8 heteroatoms. The second-order valence-corrected chi connectivity index (χ2v) is 4.65. The van der Waals surface area contributed by atoms with Crippen LogP contribution >= 0.6 is 0 Å². The van der Waals surface area contributed by atoms with E-state index in [1.165, 1.54) is 0 Å². The molecule has 1 aliphatic rings. The number of aliphatic hydroxyl groups is 2. The van der Waals surface area contributed by atoms with Crippen LogP contribution in [-0.4, -0.2) is 47.5 Å². The Bertz CT molecular complexity index is 497. The van der Waals surface area contributed by atoms with Gasteiger partial charge in [-0.25, -0.2) is 4.39 Å². The van der Waals surface area contributed by atoms with Gasteiger partial charge in [-0.1, -0.05) is 35.4 Å². The second-order valence-electron chi connectivity index (χ2n) is 4.65. The van der Waals surface area contributed by atoms with Crippen LogP contribution in [-0.2, 0) is 16.1 Å². The molecular formula is C13H16FN3O4. The van der Waals surface area contributed by atoms with E-state index in [0.29, 0.717) is 0 Å². The summed E-state index contributed by atoms with van der Waals surface area (Å²) in [6.45, 7) is -0.461. The molecular weight excluding hydrogens is 281 g/mol. The molecule has 0 amide bonds. The number of ether oxygens (including phenoxy) is 2. The van der Waals surface area contributed by atoms with E-state index >= 15 is 0 Å². The number of hydrogen-bond donors (Lipinski definition) is 2. The topological polar surface area (TPSA) is 108 Å². The Hall–Kier alpha value is -1.70. The molecule has 0 spiro atoms. The zero-order chi connectivity index (χ0) is 15.2. The van der Waals surface area contributed by atoms with Crippen LogP contribution in [0.3, 0.4) is 0 Å². The van der Waals surface area contributed by atoms with E-state index in [1.807, 2.05) is 30.3 Å². The van der Waals surface area contributed by atoms with Gasteiger partial charge in [0, 0.05) is 4.91 Å². The van der Waals surface area contributed by atoms with E-state index in [2.05, 4.69) is 10.0 Å². The molecule has 0 saturated carbocycles. The Morgan fingerprint density at radius 2 is 2.10 bits per heavy atom. The van der Waals surface area contributed by atoms with Crippen LogP contribution < -0.4 is 0 Å². The lowest BCUT2D eigenvalue weighted by molar-refractivity contribution is -0.257. The monoisotopic (exact) mass is 297 g/mol. The van der Waals surface area contributed by atoms with Gasteiger partial charge in [0.1, 0.15) is 18.2 Å². The third kappa shape index (κ3) is 3.69. The molecule has 0 aromatic heterocycles. The maximum Gasteiger partial charge on any atom is 0.169 e. The van der Waals surface area contributed by atoms with Gasteiger partial charge >= 0.3 is 0 Å². The lowest BCUT2D eigenvalue weighted by Crippen LogP contribution is -2.56. The first-order chi connectivity index (χ1) is 10.2. The average Bonchev–Trinajstić information content (AvgIpc) is 2.52. The number of alkyl halides is 1. The van der Waals surface area contributed by atoms with Crippen LogP contribution in [0, 0.1) is 0 Å². The maximum absolute atomic E-state index is 13.8. The summed E-state index contributed by atoms with van der Waals surface area (Å²) in [6.07, 6.45) is -5.78. The van der Waals surface area contributed by atoms with Crippen LogP contribution in [0.4, 0.5) is 4.39 Å². The number of benzene rings is 1. The zero-order valence-corrected chi connectivity index (χ0v) is 11.1. The molecule has 5 atom stereocenters. The smallest absolute Gasteiger partial charge is 0.169 e. The Balaban J connectivity index is 2.08. The highest BCUT2D eigenvalue weighted by molar-refractivity contribution is 5.13. The largest absolute Gasteiger partial charge is 0.394 e. The van der Waals surface area contributed by atoms with Crippen LogP contribution in [0.2, 0.25) is 0 Å². The van der Waals surface area contributed by atoms with Crippen molar-refractivity contribution in [2.24, 2.45) is 5.11 Å². The van der Waals surface area contributed by atoms with Crippen molar-refractivity contribution >= 4 is 0 Å².